The third kappa shape index (κ3) is 7.25. The summed E-state index contributed by atoms with van der Waals surface area (Å²) in [5.41, 5.74) is 0.876. The number of benzene rings is 1. The van der Waals surface area contributed by atoms with E-state index in [0.29, 0.717) is 6.04 Å². The molecule has 1 saturated carbocycles. The predicted molar refractivity (Wildman–Crippen MR) is 102 cm³/mol. The molecule has 0 aliphatic heterocycles. The number of nitrogens with one attached hydrogen (secondary N) is 1. The third-order valence-electron chi connectivity index (χ3n) is 4.09. The van der Waals surface area contributed by atoms with E-state index in [9.17, 15) is 4.79 Å². The van der Waals surface area contributed by atoms with Gasteiger partial charge in [-0.15, -0.1) is 10.2 Å². The van der Waals surface area contributed by atoms with Gasteiger partial charge in [-0.1, -0.05) is 43.2 Å². The highest BCUT2D eigenvalue weighted by atomic mass is 16.6. The van der Waals surface area contributed by atoms with E-state index >= 15 is 0 Å². The Morgan fingerprint density at radius 1 is 1.23 bits per heavy atom. The Morgan fingerprint density at radius 2 is 1.88 bits per heavy atom. The minimum absolute atomic E-state index is 0.278. The molecule has 0 saturated heterocycles. The number of aryl methyl sites for hydroxylation is 1. The maximum absolute atomic E-state index is 11.3. The van der Waals surface area contributed by atoms with Crippen LogP contribution in [0, 0.1) is 0 Å². The lowest BCUT2D eigenvalue weighted by Gasteiger charge is -2.21. The molecule has 0 unspecified atom stereocenters. The third-order valence-corrected chi connectivity index (χ3v) is 4.09. The molecule has 1 fully saturated rings. The molecule has 6 nitrogen and oxygen atoms in total. The quantitative estimate of drug-likeness (QED) is 0.904. The molecule has 1 N–H and O–H groups in total. The number of ether oxygens (including phenoxy) is 1. The van der Waals surface area contributed by atoms with Gasteiger partial charge in [0, 0.05) is 19.5 Å². The average Bonchev–Trinajstić information content (AvgIpc) is 3.20. The van der Waals surface area contributed by atoms with Crippen molar-refractivity contribution in [3.05, 3.63) is 48.0 Å². The van der Waals surface area contributed by atoms with Crippen LogP contribution in [0.25, 0.3) is 0 Å². The molecule has 0 radical (unpaired) electrons. The van der Waals surface area contributed by atoms with Crippen LogP contribution in [0.2, 0.25) is 0 Å². The zero-order valence-corrected chi connectivity index (χ0v) is 16.2. The van der Waals surface area contributed by atoms with Crippen molar-refractivity contribution in [2.45, 2.75) is 64.5 Å². The Bertz CT molecular complexity index is 671. The van der Waals surface area contributed by atoms with Crippen molar-refractivity contribution in [3.8, 4) is 0 Å². The van der Waals surface area contributed by atoms with Gasteiger partial charge in [0.25, 0.3) is 0 Å². The molecular weight excluding hydrogens is 328 g/mol. The topological polar surface area (TPSA) is 69.0 Å². The molecule has 142 valence electrons. The first kappa shape index (κ1) is 19.9. The first-order valence-electron chi connectivity index (χ1n) is 9.20. The molecule has 0 spiro atoms. The molecule has 1 aromatic heterocycles. The summed E-state index contributed by atoms with van der Waals surface area (Å²) in [7, 11) is 1.96. The summed E-state index contributed by atoms with van der Waals surface area (Å²) >= 11 is 0. The molecule has 26 heavy (non-hydrogen) atoms. The number of nitrogens with zero attached hydrogens (tertiary/aromatic N) is 3. The molecule has 6 heteroatoms. The predicted octanol–water partition coefficient (Wildman–Crippen LogP) is 3.86. The largest absolute Gasteiger partial charge is 0.444 e. The number of hydrogen-bond acceptors (Lipinski definition) is 4. The van der Waals surface area contributed by atoms with Crippen LogP contribution in [0.1, 0.15) is 57.8 Å². The fraction of sp³-hybridized carbons (Fsp3) is 0.550. The Hall–Kier alpha value is -2.37. The van der Waals surface area contributed by atoms with Crippen LogP contribution < -0.4 is 5.32 Å². The Kier molecular flexibility index (Phi) is 7.18. The van der Waals surface area contributed by atoms with Crippen molar-refractivity contribution < 1.29 is 9.53 Å². The van der Waals surface area contributed by atoms with E-state index in [2.05, 4.69) is 27.6 Å². The number of carbonyl (C=O) groups is 1. The van der Waals surface area contributed by atoms with Gasteiger partial charge in [-0.3, -0.25) is 0 Å². The van der Waals surface area contributed by atoms with Crippen molar-refractivity contribution in [3.63, 3.8) is 0 Å². The molecule has 1 aliphatic rings. The summed E-state index contributed by atoms with van der Waals surface area (Å²) in [4.78, 5) is 11.3. The first-order valence-corrected chi connectivity index (χ1v) is 9.20. The average molecular weight is 358 g/mol. The monoisotopic (exact) mass is 358 g/mol. The highest BCUT2D eigenvalue weighted by Gasteiger charge is 2.21. The van der Waals surface area contributed by atoms with Crippen molar-refractivity contribution in [2.75, 3.05) is 0 Å². The van der Waals surface area contributed by atoms with E-state index in [1.807, 2.05) is 50.6 Å². The Morgan fingerprint density at radius 3 is 2.42 bits per heavy atom. The number of carbonyl (C=O) groups excluding carboxylic acids is 1. The van der Waals surface area contributed by atoms with E-state index in [4.69, 9.17) is 4.74 Å². The summed E-state index contributed by atoms with van der Waals surface area (Å²) in [6.07, 6.45) is 6.93. The van der Waals surface area contributed by atoms with Gasteiger partial charge < -0.3 is 14.6 Å². The van der Waals surface area contributed by atoms with E-state index in [1.54, 1.807) is 6.33 Å². The summed E-state index contributed by atoms with van der Waals surface area (Å²) in [6.45, 7) is 5.63. The molecule has 0 bridgehead atoms. The maximum atomic E-state index is 11.3. The lowest BCUT2D eigenvalue weighted by Crippen LogP contribution is -2.37. The minimum Gasteiger partial charge on any atom is -0.444 e. The van der Waals surface area contributed by atoms with Gasteiger partial charge in [-0.25, -0.2) is 4.79 Å². The van der Waals surface area contributed by atoms with Crippen molar-refractivity contribution >= 4 is 6.09 Å². The molecule has 1 aromatic carbocycles. The second-order valence-electron chi connectivity index (χ2n) is 7.65. The standard InChI is InChI=1S/C10H11N3.C10H19NO2/c1-13-8-11-12-10(13)7-9-5-3-2-4-6-9;1-10(2,3)13-9(12)11-8-6-4-5-7-8/h2-6,8H,7H2,1H3;8H,4-7H2,1-3H3,(H,11,12). The number of alkyl carbamates (subject to hydrolysis) is 1. The Labute approximate surface area is 156 Å². The number of hydrogen-bond donors (Lipinski definition) is 1. The van der Waals surface area contributed by atoms with Crippen LogP contribution in [-0.2, 0) is 18.2 Å². The minimum atomic E-state index is -0.386. The Balaban J connectivity index is 0.000000187. The number of amides is 1. The highest BCUT2D eigenvalue weighted by Crippen LogP contribution is 2.18. The second-order valence-corrected chi connectivity index (χ2v) is 7.65. The lowest BCUT2D eigenvalue weighted by atomic mass is 10.1. The molecular formula is C20H30N4O2. The fourth-order valence-corrected chi connectivity index (χ4v) is 2.79. The summed E-state index contributed by atoms with van der Waals surface area (Å²) < 4.78 is 7.09. The zero-order valence-electron chi connectivity index (χ0n) is 16.2. The zero-order chi connectivity index (χ0) is 19.0. The maximum Gasteiger partial charge on any atom is 0.407 e. The van der Waals surface area contributed by atoms with Crippen molar-refractivity contribution in [1.82, 2.24) is 20.1 Å². The van der Waals surface area contributed by atoms with Crippen LogP contribution in [0.3, 0.4) is 0 Å². The molecule has 1 aliphatic carbocycles. The van der Waals surface area contributed by atoms with Gasteiger partial charge in [0.2, 0.25) is 0 Å². The smallest absolute Gasteiger partial charge is 0.407 e. The van der Waals surface area contributed by atoms with Gasteiger partial charge in [-0.2, -0.15) is 0 Å². The van der Waals surface area contributed by atoms with Crippen LogP contribution >= 0.6 is 0 Å². The van der Waals surface area contributed by atoms with E-state index in [1.165, 1.54) is 18.4 Å². The highest BCUT2D eigenvalue weighted by molar-refractivity contribution is 5.68. The van der Waals surface area contributed by atoms with Gasteiger partial charge in [0.1, 0.15) is 17.8 Å². The molecule has 0 atom stereocenters. The van der Waals surface area contributed by atoms with E-state index < -0.39 is 0 Å². The van der Waals surface area contributed by atoms with Crippen LogP contribution in [-0.4, -0.2) is 32.5 Å². The summed E-state index contributed by atoms with van der Waals surface area (Å²) in [6, 6.07) is 10.6. The molecule has 1 amide bonds. The van der Waals surface area contributed by atoms with E-state index in [-0.39, 0.29) is 11.7 Å². The first-order chi connectivity index (χ1) is 12.3. The van der Waals surface area contributed by atoms with Gasteiger partial charge in [0.05, 0.1) is 0 Å². The lowest BCUT2D eigenvalue weighted by molar-refractivity contribution is 0.0505. The normalized spacial score (nSPS) is 14.5. The van der Waals surface area contributed by atoms with Crippen molar-refractivity contribution in [1.29, 1.82) is 0 Å². The van der Waals surface area contributed by atoms with E-state index in [0.717, 1.165) is 25.1 Å². The summed E-state index contributed by atoms with van der Waals surface area (Å²) in [5.74, 6) is 0.992. The summed E-state index contributed by atoms with van der Waals surface area (Å²) in [5, 5.41) is 10.7. The van der Waals surface area contributed by atoms with Gasteiger partial charge >= 0.3 is 6.09 Å². The second kappa shape index (κ2) is 9.36. The van der Waals surface area contributed by atoms with Crippen molar-refractivity contribution in [2.24, 2.45) is 7.05 Å². The van der Waals surface area contributed by atoms with Crippen LogP contribution in [0.5, 0.6) is 0 Å². The number of aromatic nitrogens is 3. The molecule has 2 aromatic rings. The SMILES string of the molecule is CC(C)(C)OC(=O)NC1CCCC1.Cn1cnnc1Cc1ccccc1. The van der Waals surface area contributed by atoms with Crippen LogP contribution in [0.15, 0.2) is 36.7 Å². The molecule has 1 heterocycles. The van der Waals surface area contributed by atoms with Crippen LogP contribution in [0.4, 0.5) is 4.79 Å². The molecule has 3 rings (SSSR count). The van der Waals surface area contributed by atoms with Gasteiger partial charge in [-0.05, 0) is 39.2 Å². The fourth-order valence-electron chi connectivity index (χ4n) is 2.79. The van der Waals surface area contributed by atoms with Gasteiger partial charge in [0.15, 0.2) is 0 Å². The number of rotatable bonds is 3.